The molecule has 2 heterocycles. The summed E-state index contributed by atoms with van der Waals surface area (Å²) in [4.78, 5) is 34.0. The van der Waals surface area contributed by atoms with Gasteiger partial charge in [-0.1, -0.05) is 6.07 Å². The van der Waals surface area contributed by atoms with E-state index in [1.165, 1.54) is 25.5 Å². The number of H-pyrrole nitrogens is 1. The molecule has 0 saturated heterocycles. The zero-order valence-corrected chi connectivity index (χ0v) is 20.9. The molecule has 8 nitrogen and oxygen atoms in total. The molecule has 4 aliphatic carbocycles. The van der Waals surface area contributed by atoms with Crippen molar-refractivity contribution in [3.8, 4) is 11.4 Å². The van der Waals surface area contributed by atoms with Gasteiger partial charge in [0.05, 0.1) is 28.2 Å². The SMILES string of the molecule is O=C(Nc1cccc[n+]1[O-])c1ccc2[nH]c(-c3ccc(NC(=O)C45CC6CC(CC(C6)C4)C5)cc3)nc2c1. The first-order valence-electron chi connectivity index (χ1n) is 13.4. The Morgan fingerprint density at radius 2 is 1.63 bits per heavy atom. The van der Waals surface area contributed by atoms with Gasteiger partial charge in [0.2, 0.25) is 5.91 Å². The first-order chi connectivity index (χ1) is 18.4. The molecule has 0 aliphatic heterocycles. The summed E-state index contributed by atoms with van der Waals surface area (Å²) < 4.78 is 0.609. The molecule has 4 aliphatic rings. The van der Waals surface area contributed by atoms with Crippen LogP contribution in [0.4, 0.5) is 11.5 Å². The van der Waals surface area contributed by atoms with E-state index in [1.807, 2.05) is 24.3 Å². The summed E-state index contributed by atoms with van der Waals surface area (Å²) in [5, 5.41) is 17.7. The standard InChI is InChI=1S/C30H29N5O3/c36-28(34-26-3-1-2-10-35(26)38)22-6-9-24-25(14-22)33-27(32-24)21-4-7-23(8-5-21)31-29(37)30-15-18-11-19(16-30)13-20(12-18)17-30/h1-10,14,18-20H,11-13,15-17H2,(H,31,37)(H,32,33)(H,34,36). The van der Waals surface area contributed by atoms with E-state index in [2.05, 4.69) is 20.6 Å². The number of pyridine rings is 1. The summed E-state index contributed by atoms with van der Waals surface area (Å²) in [6.45, 7) is 0. The molecule has 2 amide bonds. The van der Waals surface area contributed by atoms with Crippen molar-refractivity contribution in [2.45, 2.75) is 38.5 Å². The average Bonchev–Trinajstić information content (AvgIpc) is 3.33. The Kier molecular flexibility index (Phi) is 5.25. The molecular formula is C30H29N5O3. The quantitative estimate of drug-likeness (QED) is 0.252. The molecule has 0 unspecified atom stereocenters. The summed E-state index contributed by atoms with van der Waals surface area (Å²) >= 11 is 0. The maximum Gasteiger partial charge on any atom is 0.339 e. The second-order valence-corrected chi connectivity index (χ2v) is 11.4. The van der Waals surface area contributed by atoms with Gasteiger partial charge < -0.3 is 15.5 Å². The minimum Gasteiger partial charge on any atom is -0.711 e. The van der Waals surface area contributed by atoms with Crippen LogP contribution in [-0.2, 0) is 4.79 Å². The van der Waals surface area contributed by atoms with Crippen LogP contribution in [-0.4, -0.2) is 21.8 Å². The van der Waals surface area contributed by atoms with Gasteiger partial charge in [-0.05, 0) is 105 Å². The number of nitrogens with zero attached hydrogens (tertiary/aromatic N) is 2. The Bertz CT molecular complexity index is 1520. The minimum atomic E-state index is -0.383. The second kappa shape index (κ2) is 8.68. The van der Waals surface area contributed by atoms with Gasteiger partial charge in [-0.15, -0.1) is 0 Å². The van der Waals surface area contributed by atoms with Crippen LogP contribution >= 0.6 is 0 Å². The third-order valence-corrected chi connectivity index (χ3v) is 8.75. The monoisotopic (exact) mass is 507 g/mol. The maximum atomic E-state index is 13.4. The van der Waals surface area contributed by atoms with E-state index in [4.69, 9.17) is 0 Å². The lowest BCUT2D eigenvalue weighted by Crippen LogP contribution is -2.51. The van der Waals surface area contributed by atoms with Crippen LogP contribution in [0.1, 0.15) is 48.9 Å². The Balaban J connectivity index is 1.06. The fraction of sp³-hybridized carbons (Fsp3) is 0.333. The highest BCUT2D eigenvalue weighted by Crippen LogP contribution is 2.60. The second-order valence-electron chi connectivity index (χ2n) is 11.4. The summed E-state index contributed by atoms with van der Waals surface area (Å²) in [7, 11) is 0. The zero-order chi connectivity index (χ0) is 25.9. The predicted molar refractivity (Wildman–Crippen MR) is 144 cm³/mol. The number of aromatic nitrogens is 3. The average molecular weight is 508 g/mol. The van der Waals surface area contributed by atoms with Crippen LogP contribution in [0.15, 0.2) is 66.9 Å². The summed E-state index contributed by atoms with van der Waals surface area (Å²) in [5.41, 5.74) is 3.37. The number of hydrogen-bond donors (Lipinski definition) is 3. The number of benzene rings is 2. The molecule has 2 aromatic heterocycles. The molecular weight excluding hydrogens is 478 g/mol. The third kappa shape index (κ3) is 4.00. The molecule has 0 atom stereocenters. The van der Waals surface area contributed by atoms with E-state index in [0.717, 1.165) is 53.8 Å². The number of fused-ring (bicyclic) bond motifs is 1. The van der Waals surface area contributed by atoms with Crippen molar-refractivity contribution in [3.63, 3.8) is 0 Å². The van der Waals surface area contributed by atoms with E-state index >= 15 is 0 Å². The van der Waals surface area contributed by atoms with Gasteiger partial charge in [-0.2, -0.15) is 0 Å². The van der Waals surface area contributed by atoms with Crippen molar-refractivity contribution in [3.05, 3.63) is 77.6 Å². The van der Waals surface area contributed by atoms with Crippen LogP contribution in [0.5, 0.6) is 0 Å². The van der Waals surface area contributed by atoms with Crippen LogP contribution in [0.25, 0.3) is 22.4 Å². The normalized spacial score (nSPS) is 25.4. The largest absolute Gasteiger partial charge is 0.711 e. The molecule has 4 aromatic rings. The lowest BCUT2D eigenvalue weighted by Gasteiger charge is -2.55. The highest BCUT2D eigenvalue weighted by molar-refractivity contribution is 6.05. The number of rotatable bonds is 5. The Hall–Kier alpha value is -4.20. The molecule has 0 spiro atoms. The Morgan fingerprint density at radius 3 is 2.32 bits per heavy atom. The molecule has 192 valence electrons. The van der Waals surface area contributed by atoms with Gasteiger partial charge in [-0.25, -0.2) is 19.8 Å². The van der Waals surface area contributed by atoms with E-state index < -0.39 is 0 Å². The molecule has 8 heteroatoms. The van der Waals surface area contributed by atoms with Crippen LogP contribution in [0, 0.1) is 28.4 Å². The smallest absolute Gasteiger partial charge is 0.339 e. The number of carbonyl (C=O) groups excluding carboxylic acids is 2. The first-order valence-corrected chi connectivity index (χ1v) is 13.4. The number of nitrogens with one attached hydrogen (secondary N) is 3. The van der Waals surface area contributed by atoms with Crippen LogP contribution in [0.3, 0.4) is 0 Å². The van der Waals surface area contributed by atoms with Crippen LogP contribution in [0.2, 0.25) is 0 Å². The van der Waals surface area contributed by atoms with E-state index in [-0.39, 0.29) is 23.0 Å². The number of aromatic amines is 1. The summed E-state index contributed by atoms with van der Waals surface area (Å²) in [6, 6.07) is 17.8. The molecule has 2 aromatic carbocycles. The molecule has 3 N–H and O–H groups in total. The highest BCUT2D eigenvalue weighted by atomic mass is 16.5. The van der Waals surface area contributed by atoms with Gasteiger partial charge in [0.15, 0.2) is 0 Å². The lowest BCUT2D eigenvalue weighted by molar-refractivity contribution is -0.590. The number of hydrogen-bond acceptors (Lipinski definition) is 4. The number of carbonyl (C=O) groups is 2. The molecule has 4 saturated carbocycles. The van der Waals surface area contributed by atoms with Crippen molar-refractivity contribution >= 4 is 34.4 Å². The number of imidazole rings is 1. The third-order valence-electron chi connectivity index (χ3n) is 8.75. The zero-order valence-electron chi connectivity index (χ0n) is 20.9. The lowest BCUT2D eigenvalue weighted by atomic mass is 9.49. The molecule has 38 heavy (non-hydrogen) atoms. The topological polar surface area (TPSA) is 114 Å². The molecule has 4 bridgehead atoms. The first kappa shape index (κ1) is 23.0. The van der Waals surface area contributed by atoms with Crippen molar-refractivity contribution in [2.75, 3.05) is 10.6 Å². The van der Waals surface area contributed by atoms with Gasteiger partial charge in [0.1, 0.15) is 5.82 Å². The van der Waals surface area contributed by atoms with Gasteiger partial charge >= 0.3 is 5.91 Å². The van der Waals surface area contributed by atoms with E-state index in [0.29, 0.717) is 21.6 Å². The predicted octanol–water partition coefficient (Wildman–Crippen LogP) is 5.27. The fourth-order valence-electron chi connectivity index (χ4n) is 7.36. The van der Waals surface area contributed by atoms with Crippen molar-refractivity contribution in [1.82, 2.24) is 9.97 Å². The fourth-order valence-corrected chi connectivity index (χ4v) is 7.36. The molecule has 0 radical (unpaired) electrons. The van der Waals surface area contributed by atoms with Gasteiger partial charge in [0, 0.05) is 17.3 Å². The summed E-state index contributed by atoms with van der Waals surface area (Å²) in [6.07, 6.45) is 8.42. The maximum absolute atomic E-state index is 13.4. The van der Waals surface area contributed by atoms with Gasteiger partial charge in [-0.3, -0.25) is 4.79 Å². The molecule has 4 fully saturated rings. The van der Waals surface area contributed by atoms with Crippen molar-refractivity contribution < 1.29 is 14.3 Å². The van der Waals surface area contributed by atoms with Gasteiger partial charge in [0.25, 0.3) is 5.82 Å². The van der Waals surface area contributed by atoms with Crippen molar-refractivity contribution in [1.29, 1.82) is 0 Å². The Morgan fingerprint density at radius 1 is 0.921 bits per heavy atom. The summed E-state index contributed by atoms with van der Waals surface area (Å²) in [5.74, 6) is 2.84. The highest BCUT2D eigenvalue weighted by Gasteiger charge is 2.54. The van der Waals surface area contributed by atoms with Crippen LogP contribution < -0.4 is 15.4 Å². The van der Waals surface area contributed by atoms with Crippen molar-refractivity contribution in [2.24, 2.45) is 23.2 Å². The van der Waals surface area contributed by atoms with E-state index in [1.54, 1.807) is 36.4 Å². The number of amides is 2. The number of anilines is 2. The minimum absolute atomic E-state index is 0.163. The molecule has 8 rings (SSSR count). The Labute approximate surface area is 220 Å². The van der Waals surface area contributed by atoms with E-state index in [9.17, 15) is 14.8 Å².